The van der Waals surface area contributed by atoms with E-state index in [9.17, 15) is 22.4 Å². The van der Waals surface area contributed by atoms with Crippen molar-refractivity contribution in [2.45, 2.75) is 38.5 Å². The monoisotopic (exact) mass is 479 g/mol. The highest BCUT2D eigenvalue weighted by Gasteiger charge is 2.38. The molecular formula is C22H21F4N5OS. The molecule has 0 unspecified atom stereocenters. The van der Waals surface area contributed by atoms with Crippen LogP contribution in [0.1, 0.15) is 47.6 Å². The lowest BCUT2D eigenvalue weighted by molar-refractivity contribution is -0.140. The van der Waals surface area contributed by atoms with Gasteiger partial charge in [0.05, 0.1) is 11.7 Å². The van der Waals surface area contributed by atoms with Gasteiger partial charge in [0.2, 0.25) is 0 Å². The number of aromatic nitrogens is 3. The number of carbonyl (C=O) groups is 1. The van der Waals surface area contributed by atoms with Crippen LogP contribution in [0, 0.1) is 5.82 Å². The van der Waals surface area contributed by atoms with Crippen LogP contribution in [-0.4, -0.2) is 45.0 Å². The molecule has 0 N–H and O–H groups in total. The average molecular weight is 480 g/mol. The summed E-state index contributed by atoms with van der Waals surface area (Å²) in [7, 11) is 0. The summed E-state index contributed by atoms with van der Waals surface area (Å²) >= 11 is 0.916. The second-order valence-electron chi connectivity index (χ2n) is 8.21. The number of thiazole rings is 1. The van der Waals surface area contributed by atoms with E-state index in [1.807, 2.05) is 11.5 Å². The third kappa shape index (κ3) is 3.88. The number of fused-ring (bicyclic) bond motifs is 1. The van der Waals surface area contributed by atoms with Gasteiger partial charge in [-0.25, -0.2) is 14.4 Å². The van der Waals surface area contributed by atoms with Crippen LogP contribution < -0.4 is 4.90 Å². The molecule has 174 valence electrons. The van der Waals surface area contributed by atoms with Crippen LogP contribution in [0.25, 0.3) is 10.8 Å². The number of carbonyl (C=O) groups excluding carboxylic acids is 1. The Morgan fingerprint density at radius 1 is 1.06 bits per heavy atom. The van der Waals surface area contributed by atoms with Crippen molar-refractivity contribution in [3.63, 3.8) is 0 Å². The molecule has 1 saturated heterocycles. The van der Waals surface area contributed by atoms with Crippen molar-refractivity contribution in [3.8, 4) is 10.8 Å². The molecule has 0 bridgehead atoms. The number of benzene rings is 1. The minimum absolute atomic E-state index is 0.208. The zero-order valence-corrected chi connectivity index (χ0v) is 18.6. The standard InChI is InChI=1S/C22H21F4N5OS/c1-13-17-18(29-8-2-3-9-29)28-19(20-27-16(12-33-20)22(24,25)26)31(17)11-10-30(13)21(32)14-4-6-15(23)7-5-14/h4-7,12-13H,2-3,8-11H2,1H3/t13-/m0/s1. The summed E-state index contributed by atoms with van der Waals surface area (Å²) in [5.41, 5.74) is 0.241. The highest BCUT2D eigenvalue weighted by atomic mass is 32.1. The molecule has 5 rings (SSSR count). The van der Waals surface area contributed by atoms with Crippen molar-refractivity contribution in [1.82, 2.24) is 19.4 Å². The van der Waals surface area contributed by atoms with Crippen molar-refractivity contribution in [2.24, 2.45) is 0 Å². The van der Waals surface area contributed by atoms with Gasteiger partial charge in [-0.05, 0) is 44.0 Å². The molecule has 2 aromatic heterocycles. The fourth-order valence-corrected chi connectivity index (χ4v) is 5.33. The van der Waals surface area contributed by atoms with E-state index in [0.717, 1.165) is 48.3 Å². The summed E-state index contributed by atoms with van der Waals surface area (Å²) in [6, 6.07) is 5.05. The van der Waals surface area contributed by atoms with Gasteiger partial charge in [-0.2, -0.15) is 13.2 Å². The topological polar surface area (TPSA) is 54.3 Å². The SMILES string of the molecule is C[C@H]1c2c(N3CCCC3)nc(-c3nc(C(F)(F)F)cs3)n2CCN1C(=O)c1ccc(F)cc1. The molecule has 1 atom stereocenters. The molecule has 33 heavy (non-hydrogen) atoms. The Bertz CT molecular complexity index is 1180. The molecule has 0 radical (unpaired) electrons. The maximum atomic E-state index is 13.3. The molecule has 0 spiro atoms. The smallest absolute Gasteiger partial charge is 0.355 e. The van der Waals surface area contributed by atoms with E-state index in [0.29, 0.717) is 30.3 Å². The zero-order chi connectivity index (χ0) is 23.3. The van der Waals surface area contributed by atoms with Crippen molar-refractivity contribution >= 4 is 23.1 Å². The lowest BCUT2D eigenvalue weighted by Gasteiger charge is -2.36. The van der Waals surface area contributed by atoms with Crippen LogP contribution in [0.5, 0.6) is 0 Å². The number of hydrogen-bond donors (Lipinski definition) is 0. The summed E-state index contributed by atoms with van der Waals surface area (Å²) in [5.74, 6) is 0.444. The number of anilines is 1. The van der Waals surface area contributed by atoms with Crippen molar-refractivity contribution in [1.29, 1.82) is 0 Å². The van der Waals surface area contributed by atoms with Gasteiger partial charge in [-0.1, -0.05) is 0 Å². The van der Waals surface area contributed by atoms with E-state index in [-0.39, 0.29) is 17.0 Å². The average Bonchev–Trinajstić information content (AvgIpc) is 3.52. The van der Waals surface area contributed by atoms with Gasteiger partial charge in [-0.15, -0.1) is 11.3 Å². The number of halogens is 4. The fraction of sp³-hybridized carbons (Fsp3) is 0.409. The van der Waals surface area contributed by atoms with Crippen LogP contribution in [-0.2, 0) is 12.7 Å². The largest absolute Gasteiger partial charge is 0.434 e. The first kappa shape index (κ1) is 21.9. The highest BCUT2D eigenvalue weighted by Crippen LogP contribution is 2.40. The Labute approximate surface area is 191 Å². The molecule has 4 heterocycles. The third-order valence-corrected chi connectivity index (χ3v) is 7.00. The number of amides is 1. The summed E-state index contributed by atoms with van der Waals surface area (Å²) in [6.07, 6.45) is -2.51. The highest BCUT2D eigenvalue weighted by molar-refractivity contribution is 7.13. The first-order chi connectivity index (χ1) is 15.7. The van der Waals surface area contributed by atoms with E-state index in [4.69, 9.17) is 4.98 Å². The number of imidazole rings is 1. The Hall–Kier alpha value is -2.95. The van der Waals surface area contributed by atoms with Crippen molar-refractivity contribution in [3.05, 3.63) is 52.4 Å². The number of nitrogens with zero attached hydrogens (tertiary/aromatic N) is 5. The predicted octanol–water partition coefficient (Wildman–Crippen LogP) is 4.98. The molecule has 2 aliphatic rings. The molecule has 6 nitrogen and oxygen atoms in total. The molecule has 0 saturated carbocycles. The summed E-state index contributed by atoms with van der Waals surface area (Å²) < 4.78 is 54.6. The van der Waals surface area contributed by atoms with Crippen molar-refractivity contribution in [2.75, 3.05) is 24.5 Å². The predicted molar refractivity (Wildman–Crippen MR) is 116 cm³/mol. The second kappa shape index (κ2) is 8.12. The van der Waals surface area contributed by atoms with Gasteiger partial charge in [0, 0.05) is 37.1 Å². The van der Waals surface area contributed by atoms with Gasteiger partial charge in [0.1, 0.15) is 5.82 Å². The van der Waals surface area contributed by atoms with E-state index >= 15 is 0 Å². The van der Waals surface area contributed by atoms with Gasteiger partial charge in [0.15, 0.2) is 22.3 Å². The lowest BCUT2D eigenvalue weighted by atomic mass is 10.1. The van der Waals surface area contributed by atoms with Gasteiger partial charge in [0.25, 0.3) is 5.91 Å². The summed E-state index contributed by atoms with van der Waals surface area (Å²) in [6.45, 7) is 4.22. The van der Waals surface area contributed by atoms with Crippen molar-refractivity contribution < 1.29 is 22.4 Å². The zero-order valence-electron chi connectivity index (χ0n) is 17.8. The Kier molecular flexibility index (Phi) is 5.38. The molecular weight excluding hydrogens is 458 g/mol. The van der Waals surface area contributed by atoms with E-state index in [1.165, 1.54) is 24.3 Å². The normalized spacial score (nSPS) is 18.6. The summed E-state index contributed by atoms with van der Waals surface area (Å²) in [5, 5.41) is 1.21. The first-order valence-corrected chi connectivity index (χ1v) is 11.6. The van der Waals surface area contributed by atoms with E-state index in [2.05, 4.69) is 9.88 Å². The van der Waals surface area contributed by atoms with E-state index in [1.54, 1.807) is 4.90 Å². The molecule has 1 amide bonds. The fourth-order valence-electron chi connectivity index (χ4n) is 4.51. The van der Waals surface area contributed by atoms with Gasteiger partial charge in [-0.3, -0.25) is 4.79 Å². The maximum absolute atomic E-state index is 13.3. The van der Waals surface area contributed by atoms with Crippen LogP contribution in [0.3, 0.4) is 0 Å². The number of rotatable bonds is 3. The molecule has 1 fully saturated rings. The Morgan fingerprint density at radius 3 is 2.39 bits per heavy atom. The molecule has 0 aliphatic carbocycles. The van der Waals surface area contributed by atoms with Crippen LogP contribution >= 0.6 is 11.3 Å². The minimum Gasteiger partial charge on any atom is -0.355 e. The minimum atomic E-state index is -4.52. The van der Waals surface area contributed by atoms with Crippen LogP contribution in [0.15, 0.2) is 29.6 Å². The van der Waals surface area contributed by atoms with Gasteiger partial charge < -0.3 is 14.4 Å². The number of alkyl halides is 3. The third-order valence-electron chi connectivity index (χ3n) is 6.16. The molecule has 3 aromatic rings. The second-order valence-corrected chi connectivity index (χ2v) is 9.07. The molecule has 2 aliphatic heterocycles. The van der Waals surface area contributed by atoms with E-state index < -0.39 is 17.7 Å². The lowest BCUT2D eigenvalue weighted by Crippen LogP contribution is -2.41. The molecule has 1 aromatic carbocycles. The Balaban J connectivity index is 1.55. The maximum Gasteiger partial charge on any atom is 0.434 e. The first-order valence-electron chi connectivity index (χ1n) is 10.7. The van der Waals surface area contributed by atoms with Crippen LogP contribution in [0.4, 0.5) is 23.4 Å². The van der Waals surface area contributed by atoms with Crippen LogP contribution in [0.2, 0.25) is 0 Å². The quantitative estimate of drug-likeness (QED) is 0.497. The van der Waals surface area contributed by atoms with Gasteiger partial charge >= 0.3 is 6.18 Å². The molecule has 11 heteroatoms. The Morgan fingerprint density at radius 2 is 1.76 bits per heavy atom. The number of hydrogen-bond acceptors (Lipinski definition) is 5. The summed E-state index contributed by atoms with van der Waals surface area (Å²) in [4.78, 5) is 25.6.